The lowest BCUT2D eigenvalue weighted by atomic mass is 9.93. The third-order valence-electron chi connectivity index (χ3n) is 6.67. The first kappa shape index (κ1) is 26.4. The lowest BCUT2D eigenvalue weighted by Crippen LogP contribution is -2.29. The summed E-state index contributed by atoms with van der Waals surface area (Å²) in [6.07, 6.45) is 0. The number of Topliss-reactive ketones (excluding diaryl/α,β-unsaturated/α-hetero) is 1. The summed E-state index contributed by atoms with van der Waals surface area (Å²) in [6.45, 7) is 9.05. The van der Waals surface area contributed by atoms with E-state index in [9.17, 15) is 14.7 Å². The van der Waals surface area contributed by atoms with Crippen LogP contribution in [0.1, 0.15) is 56.3 Å². The molecule has 1 saturated heterocycles. The maximum atomic E-state index is 13.5. The number of rotatable bonds is 8. The van der Waals surface area contributed by atoms with E-state index in [0.717, 1.165) is 10.3 Å². The number of carbonyl (C=O) groups is 2. The Morgan fingerprint density at radius 3 is 2.23 bits per heavy atom. The lowest BCUT2D eigenvalue weighted by Gasteiger charge is -2.23. The van der Waals surface area contributed by atoms with Gasteiger partial charge in [0.05, 0.1) is 35.0 Å². The van der Waals surface area contributed by atoms with Gasteiger partial charge in [-0.25, -0.2) is 4.98 Å². The third kappa shape index (κ3) is 5.00. The molecule has 1 N–H and O–H groups in total. The maximum absolute atomic E-state index is 13.5. The molecule has 39 heavy (non-hydrogen) atoms. The van der Waals surface area contributed by atoms with Crippen molar-refractivity contribution in [3.63, 3.8) is 0 Å². The van der Waals surface area contributed by atoms with Crippen LogP contribution in [0.15, 0.2) is 72.3 Å². The maximum Gasteiger partial charge on any atom is 0.301 e. The van der Waals surface area contributed by atoms with Gasteiger partial charge in [0.25, 0.3) is 5.78 Å². The molecule has 1 fully saturated rings. The van der Waals surface area contributed by atoms with E-state index in [4.69, 9.17) is 14.5 Å². The smallest absolute Gasteiger partial charge is 0.301 e. The lowest BCUT2D eigenvalue weighted by molar-refractivity contribution is -0.132. The summed E-state index contributed by atoms with van der Waals surface area (Å²) in [7, 11) is 0. The minimum absolute atomic E-state index is 0.0238. The van der Waals surface area contributed by atoms with Crippen LogP contribution in [0.2, 0.25) is 0 Å². The quantitative estimate of drug-likeness (QED) is 0.149. The highest BCUT2D eigenvalue weighted by atomic mass is 32.1. The van der Waals surface area contributed by atoms with Crippen molar-refractivity contribution < 1.29 is 24.2 Å². The number of anilines is 1. The first-order valence-corrected chi connectivity index (χ1v) is 13.8. The van der Waals surface area contributed by atoms with Gasteiger partial charge in [-0.3, -0.25) is 14.5 Å². The number of nitrogens with zero attached hydrogens (tertiary/aromatic N) is 2. The molecule has 8 heteroatoms. The van der Waals surface area contributed by atoms with Gasteiger partial charge < -0.3 is 14.6 Å². The van der Waals surface area contributed by atoms with Crippen molar-refractivity contribution in [2.24, 2.45) is 0 Å². The molecule has 1 atom stereocenters. The van der Waals surface area contributed by atoms with Crippen LogP contribution in [0.25, 0.3) is 16.0 Å². The van der Waals surface area contributed by atoms with Crippen LogP contribution in [-0.4, -0.2) is 35.0 Å². The molecule has 0 saturated carbocycles. The number of hydrogen-bond acceptors (Lipinski definition) is 7. The first-order valence-electron chi connectivity index (χ1n) is 13.0. The number of thiazole rings is 1. The first-order chi connectivity index (χ1) is 18.8. The van der Waals surface area contributed by atoms with Gasteiger partial charge in [0.15, 0.2) is 5.13 Å². The molecule has 1 aliphatic heterocycles. The summed E-state index contributed by atoms with van der Waals surface area (Å²) in [5.41, 5.74) is 2.98. The minimum Gasteiger partial charge on any atom is -0.507 e. The fraction of sp³-hybridized carbons (Fsp3) is 0.258. The average Bonchev–Trinajstić information content (AvgIpc) is 3.47. The molecule has 0 bridgehead atoms. The average molecular weight is 543 g/mol. The molecule has 0 spiro atoms. The number of benzene rings is 3. The van der Waals surface area contributed by atoms with Gasteiger partial charge in [-0.15, -0.1) is 0 Å². The van der Waals surface area contributed by atoms with E-state index < -0.39 is 17.7 Å². The fourth-order valence-electron chi connectivity index (χ4n) is 4.69. The van der Waals surface area contributed by atoms with Crippen molar-refractivity contribution in [3.05, 3.63) is 89.0 Å². The molecule has 0 aliphatic carbocycles. The highest BCUT2D eigenvalue weighted by Gasteiger charge is 2.48. The number of aliphatic hydroxyl groups excluding tert-OH is 1. The molecular weight excluding hydrogens is 512 g/mol. The van der Waals surface area contributed by atoms with E-state index >= 15 is 0 Å². The van der Waals surface area contributed by atoms with Crippen LogP contribution < -0.4 is 14.4 Å². The SMILES string of the molecule is CCOc1ccc(C(O)=C2C(=O)C(=O)N(c3nc4ccc(OCC)cc4s3)C2c2ccc(C(C)C)cc2)cc1. The van der Waals surface area contributed by atoms with Crippen molar-refractivity contribution in [1.29, 1.82) is 0 Å². The molecular formula is C31H30N2O5S. The highest BCUT2D eigenvalue weighted by molar-refractivity contribution is 7.22. The summed E-state index contributed by atoms with van der Waals surface area (Å²) in [5, 5.41) is 11.8. The zero-order valence-electron chi connectivity index (χ0n) is 22.3. The summed E-state index contributed by atoms with van der Waals surface area (Å²) in [4.78, 5) is 33.2. The number of aromatic nitrogens is 1. The van der Waals surface area contributed by atoms with Crippen LogP contribution >= 0.6 is 11.3 Å². The van der Waals surface area contributed by atoms with Gasteiger partial charge >= 0.3 is 5.91 Å². The van der Waals surface area contributed by atoms with E-state index in [1.54, 1.807) is 24.3 Å². The van der Waals surface area contributed by atoms with Crippen molar-refractivity contribution in [2.45, 2.75) is 39.7 Å². The van der Waals surface area contributed by atoms with Crippen molar-refractivity contribution in [2.75, 3.05) is 18.1 Å². The summed E-state index contributed by atoms with van der Waals surface area (Å²) < 4.78 is 12.0. The number of ketones is 1. The summed E-state index contributed by atoms with van der Waals surface area (Å²) >= 11 is 1.30. The summed E-state index contributed by atoms with van der Waals surface area (Å²) in [5.74, 6) is -0.0532. The number of aliphatic hydroxyl groups is 1. The van der Waals surface area contributed by atoms with Gasteiger partial charge in [0.2, 0.25) is 0 Å². The number of amides is 1. The number of ether oxygens (including phenoxy) is 2. The second-order valence-corrected chi connectivity index (χ2v) is 10.5. The van der Waals surface area contributed by atoms with E-state index in [2.05, 4.69) is 13.8 Å². The van der Waals surface area contributed by atoms with E-state index in [1.165, 1.54) is 16.2 Å². The normalized spacial score (nSPS) is 16.8. The van der Waals surface area contributed by atoms with Gasteiger partial charge in [-0.1, -0.05) is 49.4 Å². The van der Waals surface area contributed by atoms with Crippen LogP contribution in [-0.2, 0) is 9.59 Å². The second kappa shape index (κ2) is 10.9. The molecule has 4 aromatic rings. The molecule has 1 aliphatic rings. The third-order valence-corrected chi connectivity index (χ3v) is 7.69. The Bertz CT molecular complexity index is 1550. The minimum atomic E-state index is -0.843. The summed E-state index contributed by atoms with van der Waals surface area (Å²) in [6, 6.07) is 19.3. The van der Waals surface area contributed by atoms with Crippen LogP contribution in [0.4, 0.5) is 5.13 Å². The van der Waals surface area contributed by atoms with Gasteiger partial charge in [0.1, 0.15) is 17.3 Å². The molecule has 1 amide bonds. The Labute approximate surface area is 231 Å². The Hall–Kier alpha value is -4.17. The molecule has 7 nitrogen and oxygen atoms in total. The van der Waals surface area contributed by atoms with Crippen molar-refractivity contribution in [3.8, 4) is 11.5 Å². The largest absolute Gasteiger partial charge is 0.507 e. The van der Waals surface area contributed by atoms with Crippen molar-refractivity contribution >= 4 is 44.1 Å². The molecule has 5 rings (SSSR count). The van der Waals surface area contributed by atoms with E-state index in [-0.39, 0.29) is 11.3 Å². The second-order valence-electron chi connectivity index (χ2n) is 9.51. The molecule has 200 valence electrons. The predicted molar refractivity (Wildman–Crippen MR) is 154 cm³/mol. The zero-order chi connectivity index (χ0) is 27.7. The number of hydrogen-bond donors (Lipinski definition) is 1. The monoisotopic (exact) mass is 542 g/mol. The zero-order valence-corrected chi connectivity index (χ0v) is 23.1. The van der Waals surface area contributed by atoms with Crippen LogP contribution in [0.5, 0.6) is 11.5 Å². The van der Waals surface area contributed by atoms with Gasteiger partial charge in [-0.2, -0.15) is 0 Å². The number of fused-ring (bicyclic) bond motifs is 1. The van der Waals surface area contributed by atoms with Crippen LogP contribution in [0, 0.1) is 0 Å². The van der Waals surface area contributed by atoms with Crippen molar-refractivity contribution in [1.82, 2.24) is 4.98 Å². The molecule has 1 unspecified atom stereocenters. The Kier molecular flexibility index (Phi) is 7.39. The Balaban J connectivity index is 1.65. The fourth-order valence-corrected chi connectivity index (χ4v) is 5.71. The molecule has 3 aromatic carbocycles. The van der Waals surface area contributed by atoms with Gasteiger partial charge in [-0.05, 0) is 73.4 Å². The highest BCUT2D eigenvalue weighted by Crippen LogP contribution is 2.45. The standard InChI is InChI=1S/C31H30N2O5S/c1-5-37-22-13-11-21(12-14-22)28(34)26-27(20-9-7-19(8-10-20)18(3)4)33(30(36)29(26)35)31-32-24-16-15-23(38-6-2)17-25(24)39-31/h7-18,27,34H,5-6H2,1-4H3. The predicted octanol–water partition coefficient (Wildman–Crippen LogP) is 6.84. The molecule has 0 radical (unpaired) electrons. The van der Waals surface area contributed by atoms with E-state index in [1.807, 2.05) is 56.3 Å². The Morgan fingerprint density at radius 2 is 1.59 bits per heavy atom. The van der Waals surface area contributed by atoms with Gasteiger partial charge in [0, 0.05) is 5.56 Å². The topological polar surface area (TPSA) is 89.0 Å². The number of carbonyl (C=O) groups excluding carboxylic acids is 2. The molecule has 2 heterocycles. The Morgan fingerprint density at radius 1 is 0.949 bits per heavy atom. The molecule has 1 aromatic heterocycles. The van der Waals surface area contributed by atoms with E-state index in [0.29, 0.717) is 52.4 Å². The van der Waals surface area contributed by atoms with Crippen LogP contribution in [0.3, 0.4) is 0 Å².